The highest BCUT2D eigenvalue weighted by molar-refractivity contribution is 7.92. The summed E-state index contributed by atoms with van der Waals surface area (Å²) in [6.07, 6.45) is 2.58. The van der Waals surface area contributed by atoms with Gasteiger partial charge in [0, 0.05) is 5.88 Å². The fraction of sp³-hybridized carbons (Fsp3) is 1.00. The second-order valence-corrected chi connectivity index (χ2v) is 5.35. The smallest absolute Gasteiger partial charge is 0.154 e. The predicted molar refractivity (Wildman–Crippen MR) is 42.1 cm³/mol. The zero-order chi connectivity index (χ0) is 7.61. The maximum Gasteiger partial charge on any atom is 0.154 e. The quantitative estimate of drug-likeness (QED) is 0.571. The second kappa shape index (κ2) is 3.09. The van der Waals surface area contributed by atoms with E-state index in [1.54, 1.807) is 0 Å². The van der Waals surface area contributed by atoms with Crippen LogP contribution in [0.2, 0.25) is 0 Å². The Morgan fingerprint density at radius 3 is 2.50 bits per heavy atom. The highest BCUT2D eigenvalue weighted by Crippen LogP contribution is 2.19. The molecule has 0 bridgehead atoms. The van der Waals surface area contributed by atoms with Crippen molar-refractivity contribution in [1.29, 1.82) is 0 Å². The molecule has 10 heavy (non-hydrogen) atoms. The average Bonchev–Trinajstić information content (AvgIpc) is 1.87. The second-order valence-electron chi connectivity index (χ2n) is 2.64. The van der Waals surface area contributed by atoms with Gasteiger partial charge in [-0.2, -0.15) is 0 Å². The molecule has 4 heteroatoms. The van der Waals surface area contributed by atoms with Crippen molar-refractivity contribution in [1.82, 2.24) is 0 Å². The van der Waals surface area contributed by atoms with Crippen molar-refractivity contribution < 1.29 is 8.42 Å². The van der Waals surface area contributed by atoms with Gasteiger partial charge in [0.15, 0.2) is 9.84 Å². The molecule has 60 valence electrons. The number of sulfone groups is 1. The van der Waals surface area contributed by atoms with Crippen molar-refractivity contribution in [2.75, 3.05) is 11.6 Å². The molecule has 0 spiro atoms. The molecule has 2 nitrogen and oxygen atoms in total. The van der Waals surface area contributed by atoms with Crippen LogP contribution < -0.4 is 0 Å². The Morgan fingerprint density at radius 2 is 2.10 bits per heavy atom. The maximum atomic E-state index is 11.1. The molecule has 1 aliphatic rings. The van der Waals surface area contributed by atoms with Crippen LogP contribution in [0.1, 0.15) is 19.3 Å². The fourth-order valence-corrected chi connectivity index (χ4v) is 3.58. The van der Waals surface area contributed by atoms with Gasteiger partial charge >= 0.3 is 0 Å². The molecule has 1 rings (SSSR count). The summed E-state index contributed by atoms with van der Waals surface area (Å²) >= 11 is 5.49. The molecule has 1 heterocycles. The molecule has 0 radical (unpaired) electrons. The van der Waals surface area contributed by atoms with Gasteiger partial charge in [0.2, 0.25) is 0 Å². The Hall–Kier alpha value is 0.240. The van der Waals surface area contributed by atoms with E-state index in [2.05, 4.69) is 0 Å². The predicted octanol–water partition coefficient (Wildman–Crippen LogP) is 1.19. The van der Waals surface area contributed by atoms with Crippen molar-refractivity contribution in [3.8, 4) is 0 Å². The van der Waals surface area contributed by atoms with Crippen LogP contribution in [-0.2, 0) is 9.84 Å². The largest absolute Gasteiger partial charge is 0.229 e. The number of rotatable bonds is 1. The number of hydrogen-bond acceptors (Lipinski definition) is 2. The Morgan fingerprint density at radius 1 is 1.40 bits per heavy atom. The minimum atomic E-state index is -2.81. The number of hydrogen-bond donors (Lipinski definition) is 0. The van der Waals surface area contributed by atoms with Crippen molar-refractivity contribution in [3.63, 3.8) is 0 Å². The first-order valence-corrected chi connectivity index (χ1v) is 5.69. The Balaban J connectivity index is 2.70. The molecule has 1 aliphatic heterocycles. The van der Waals surface area contributed by atoms with Gasteiger partial charge in [0.25, 0.3) is 0 Å². The molecule has 0 saturated carbocycles. The summed E-state index contributed by atoms with van der Waals surface area (Å²) in [6, 6.07) is 0. The Labute approximate surface area is 66.5 Å². The lowest BCUT2D eigenvalue weighted by Gasteiger charge is -2.19. The van der Waals surface area contributed by atoms with Gasteiger partial charge in [-0.3, -0.25) is 0 Å². The molecule has 1 atom stereocenters. The molecule has 1 saturated heterocycles. The molecular formula is C6H11ClO2S. The van der Waals surface area contributed by atoms with E-state index in [-0.39, 0.29) is 11.1 Å². The summed E-state index contributed by atoms with van der Waals surface area (Å²) < 4.78 is 22.3. The van der Waals surface area contributed by atoms with E-state index in [0.717, 1.165) is 19.3 Å². The van der Waals surface area contributed by atoms with Gasteiger partial charge in [0.1, 0.15) is 0 Å². The van der Waals surface area contributed by atoms with Crippen LogP contribution in [0.5, 0.6) is 0 Å². The van der Waals surface area contributed by atoms with E-state index in [1.165, 1.54) is 0 Å². The van der Waals surface area contributed by atoms with Gasteiger partial charge in [-0.1, -0.05) is 6.42 Å². The number of halogens is 1. The summed E-state index contributed by atoms with van der Waals surface area (Å²) in [4.78, 5) is 0. The summed E-state index contributed by atoms with van der Waals surface area (Å²) in [7, 11) is -2.81. The molecule has 0 aromatic carbocycles. The van der Waals surface area contributed by atoms with Gasteiger partial charge in [-0.15, -0.1) is 11.6 Å². The average molecular weight is 183 g/mol. The molecule has 0 aromatic rings. The third-order valence-electron chi connectivity index (χ3n) is 1.88. The Bertz CT molecular complexity index is 198. The van der Waals surface area contributed by atoms with Crippen LogP contribution in [0.4, 0.5) is 0 Å². The van der Waals surface area contributed by atoms with Gasteiger partial charge < -0.3 is 0 Å². The summed E-state index contributed by atoms with van der Waals surface area (Å²) in [5.74, 6) is 0.604. The number of alkyl halides is 1. The highest BCUT2D eigenvalue weighted by atomic mass is 35.5. The molecule has 0 aromatic heterocycles. The SMILES string of the molecule is O=S1(=O)CCCCC1CCl. The van der Waals surface area contributed by atoms with Crippen LogP contribution in [0.3, 0.4) is 0 Å². The molecule has 0 aliphatic carbocycles. The van der Waals surface area contributed by atoms with E-state index in [0.29, 0.717) is 5.75 Å². The standard InChI is InChI=1S/C6H11ClO2S/c7-5-6-3-1-2-4-10(6,8)9/h6H,1-5H2. The molecule has 1 fully saturated rings. The highest BCUT2D eigenvalue weighted by Gasteiger charge is 2.27. The first kappa shape index (κ1) is 8.34. The van der Waals surface area contributed by atoms with E-state index in [1.807, 2.05) is 0 Å². The monoisotopic (exact) mass is 182 g/mol. The van der Waals surface area contributed by atoms with Crippen molar-refractivity contribution in [2.24, 2.45) is 0 Å². The third-order valence-corrected chi connectivity index (χ3v) is 4.72. The zero-order valence-electron chi connectivity index (χ0n) is 5.72. The topological polar surface area (TPSA) is 34.1 Å². The first-order valence-electron chi connectivity index (χ1n) is 3.44. The fourth-order valence-electron chi connectivity index (χ4n) is 1.19. The van der Waals surface area contributed by atoms with Gasteiger partial charge in [-0.05, 0) is 12.8 Å². The lowest BCUT2D eigenvalue weighted by molar-refractivity contribution is 0.551. The van der Waals surface area contributed by atoms with Crippen LogP contribution in [-0.4, -0.2) is 25.3 Å². The Kier molecular flexibility index (Phi) is 2.58. The molecule has 0 amide bonds. The maximum absolute atomic E-state index is 11.1. The third kappa shape index (κ3) is 1.64. The lowest BCUT2D eigenvalue weighted by Crippen LogP contribution is -2.29. The minimum absolute atomic E-state index is 0.261. The van der Waals surface area contributed by atoms with Gasteiger partial charge in [-0.25, -0.2) is 8.42 Å². The van der Waals surface area contributed by atoms with Crippen LogP contribution in [0.25, 0.3) is 0 Å². The normalized spacial score (nSPS) is 31.9. The first-order chi connectivity index (χ1) is 4.67. The summed E-state index contributed by atoms with van der Waals surface area (Å²) in [6.45, 7) is 0. The van der Waals surface area contributed by atoms with E-state index < -0.39 is 9.84 Å². The van der Waals surface area contributed by atoms with Crippen LogP contribution in [0, 0.1) is 0 Å². The van der Waals surface area contributed by atoms with Crippen LogP contribution in [0.15, 0.2) is 0 Å². The van der Waals surface area contributed by atoms with E-state index >= 15 is 0 Å². The van der Waals surface area contributed by atoms with Gasteiger partial charge in [0.05, 0.1) is 11.0 Å². The molecular weight excluding hydrogens is 172 g/mol. The lowest BCUT2D eigenvalue weighted by atomic mass is 10.2. The van der Waals surface area contributed by atoms with Crippen molar-refractivity contribution >= 4 is 21.4 Å². The summed E-state index contributed by atoms with van der Waals surface area (Å²) in [5, 5.41) is -0.261. The summed E-state index contributed by atoms with van der Waals surface area (Å²) in [5.41, 5.74) is 0. The molecule has 1 unspecified atom stereocenters. The zero-order valence-corrected chi connectivity index (χ0v) is 7.29. The van der Waals surface area contributed by atoms with Crippen molar-refractivity contribution in [3.05, 3.63) is 0 Å². The molecule has 0 N–H and O–H groups in total. The van der Waals surface area contributed by atoms with E-state index in [9.17, 15) is 8.42 Å². The van der Waals surface area contributed by atoms with Crippen LogP contribution >= 0.6 is 11.6 Å². The van der Waals surface area contributed by atoms with Crippen molar-refractivity contribution in [2.45, 2.75) is 24.5 Å². The van der Waals surface area contributed by atoms with E-state index in [4.69, 9.17) is 11.6 Å². The minimum Gasteiger partial charge on any atom is -0.229 e.